The fraction of sp³-hybridized carbons (Fsp3) is 0.385. The summed E-state index contributed by atoms with van der Waals surface area (Å²) in [6.45, 7) is 1.39. The van der Waals surface area contributed by atoms with E-state index in [0.29, 0.717) is 24.9 Å². The Bertz CT molecular complexity index is 471. The van der Waals surface area contributed by atoms with Crippen molar-refractivity contribution < 1.29 is 9.59 Å². The maximum atomic E-state index is 11.8. The minimum Gasteiger partial charge on any atom is -0.384 e. The van der Waals surface area contributed by atoms with E-state index in [1.807, 2.05) is 18.2 Å². The number of carbonyl (C=O) groups is 2. The zero-order valence-electron chi connectivity index (χ0n) is 10.2. The molecule has 1 aromatic carbocycles. The molecule has 0 fully saturated rings. The van der Waals surface area contributed by atoms with Crippen molar-refractivity contribution in [2.24, 2.45) is 5.73 Å². The van der Waals surface area contributed by atoms with E-state index in [1.165, 1.54) is 5.56 Å². The quantitative estimate of drug-likeness (QED) is 0.668. The second-order valence-corrected chi connectivity index (χ2v) is 4.37. The van der Waals surface area contributed by atoms with Crippen LogP contribution in [0.15, 0.2) is 18.2 Å². The molecule has 0 radical (unpaired) electrons. The lowest BCUT2D eigenvalue weighted by Crippen LogP contribution is -2.25. The molecule has 0 atom stereocenters. The number of carbonyl (C=O) groups excluding carboxylic acids is 2. The third-order valence-corrected chi connectivity index (χ3v) is 2.97. The molecule has 18 heavy (non-hydrogen) atoms. The van der Waals surface area contributed by atoms with Gasteiger partial charge in [0.25, 0.3) is 5.91 Å². The minimum absolute atomic E-state index is 0.115. The van der Waals surface area contributed by atoms with Gasteiger partial charge < -0.3 is 16.4 Å². The summed E-state index contributed by atoms with van der Waals surface area (Å²) in [5.41, 5.74) is 7.95. The van der Waals surface area contributed by atoms with Crippen LogP contribution in [0.4, 0.5) is 5.69 Å². The van der Waals surface area contributed by atoms with E-state index in [2.05, 4.69) is 10.6 Å². The molecular weight excluding hydrogens is 230 g/mol. The zero-order valence-corrected chi connectivity index (χ0v) is 10.2. The third-order valence-electron chi connectivity index (χ3n) is 2.97. The summed E-state index contributed by atoms with van der Waals surface area (Å²) in [7, 11) is 0. The molecule has 2 amide bonds. The molecule has 96 valence electrons. The maximum Gasteiger partial charge on any atom is 0.251 e. The Kier molecular flexibility index (Phi) is 3.82. The molecule has 1 aliphatic rings. The first-order valence-electron chi connectivity index (χ1n) is 6.10. The van der Waals surface area contributed by atoms with Crippen LogP contribution in [-0.4, -0.2) is 24.9 Å². The van der Waals surface area contributed by atoms with Crippen molar-refractivity contribution in [3.63, 3.8) is 0 Å². The monoisotopic (exact) mass is 247 g/mol. The van der Waals surface area contributed by atoms with Crippen LogP contribution < -0.4 is 16.4 Å². The molecule has 0 spiro atoms. The molecular formula is C13H17N3O2. The number of anilines is 1. The molecule has 5 heteroatoms. The van der Waals surface area contributed by atoms with E-state index < -0.39 is 0 Å². The number of hydrogen-bond acceptors (Lipinski definition) is 3. The zero-order chi connectivity index (χ0) is 13.0. The highest BCUT2D eigenvalue weighted by Gasteiger charge is 2.12. The molecule has 0 aromatic heterocycles. The molecule has 0 bridgehead atoms. The van der Waals surface area contributed by atoms with Gasteiger partial charge in [-0.15, -0.1) is 0 Å². The molecule has 2 rings (SSSR count). The molecule has 1 aliphatic heterocycles. The van der Waals surface area contributed by atoms with Gasteiger partial charge in [-0.05, 0) is 30.5 Å². The molecule has 5 nitrogen and oxygen atoms in total. The van der Waals surface area contributed by atoms with Crippen molar-refractivity contribution in [2.45, 2.75) is 19.3 Å². The van der Waals surface area contributed by atoms with E-state index in [-0.39, 0.29) is 11.8 Å². The summed E-state index contributed by atoms with van der Waals surface area (Å²) in [6, 6.07) is 5.68. The molecule has 1 aromatic rings. The van der Waals surface area contributed by atoms with Crippen LogP contribution in [0.2, 0.25) is 0 Å². The number of fused-ring (bicyclic) bond motifs is 1. The average Bonchev–Trinajstić information content (AvgIpc) is 2.81. The van der Waals surface area contributed by atoms with E-state index in [0.717, 1.165) is 18.7 Å². The highest BCUT2D eigenvalue weighted by atomic mass is 16.2. The Morgan fingerprint density at radius 3 is 3.00 bits per heavy atom. The van der Waals surface area contributed by atoms with E-state index in [4.69, 9.17) is 5.73 Å². The Hall–Kier alpha value is -2.04. The van der Waals surface area contributed by atoms with Gasteiger partial charge in [-0.25, -0.2) is 0 Å². The van der Waals surface area contributed by atoms with Gasteiger partial charge in [-0.1, -0.05) is 6.07 Å². The van der Waals surface area contributed by atoms with Crippen LogP contribution in [0.5, 0.6) is 0 Å². The molecule has 1 heterocycles. The number of amides is 2. The summed E-state index contributed by atoms with van der Waals surface area (Å²) < 4.78 is 0. The van der Waals surface area contributed by atoms with Gasteiger partial charge in [0, 0.05) is 30.8 Å². The van der Waals surface area contributed by atoms with Crippen molar-refractivity contribution in [3.8, 4) is 0 Å². The van der Waals surface area contributed by atoms with Crippen LogP contribution in [-0.2, 0) is 11.2 Å². The van der Waals surface area contributed by atoms with E-state index in [1.54, 1.807) is 0 Å². The lowest BCUT2D eigenvalue weighted by atomic mass is 10.1. The highest BCUT2D eigenvalue weighted by Crippen LogP contribution is 2.22. The second-order valence-electron chi connectivity index (χ2n) is 4.37. The average molecular weight is 247 g/mol. The maximum absolute atomic E-state index is 11.8. The summed E-state index contributed by atoms with van der Waals surface area (Å²) in [4.78, 5) is 22.4. The standard InChI is InChI=1S/C13H17N3O2/c14-12(17)2-1-6-16-13(18)10-4-3-9-5-7-15-11(9)8-10/h3-4,8,15H,1-2,5-7H2,(H2,14,17)(H,16,18). The van der Waals surface area contributed by atoms with Gasteiger partial charge in [0.2, 0.25) is 5.91 Å². The normalized spacial score (nSPS) is 12.7. The Morgan fingerprint density at radius 1 is 1.39 bits per heavy atom. The van der Waals surface area contributed by atoms with Gasteiger partial charge in [0.05, 0.1) is 0 Å². The van der Waals surface area contributed by atoms with Crippen LogP contribution >= 0.6 is 0 Å². The van der Waals surface area contributed by atoms with Gasteiger partial charge >= 0.3 is 0 Å². The molecule has 0 unspecified atom stereocenters. The fourth-order valence-electron chi connectivity index (χ4n) is 2.00. The molecule has 4 N–H and O–H groups in total. The van der Waals surface area contributed by atoms with Gasteiger partial charge in [-0.2, -0.15) is 0 Å². The van der Waals surface area contributed by atoms with Crippen molar-refractivity contribution in [2.75, 3.05) is 18.4 Å². The number of rotatable bonds is 5. The van der Waals surface area contributed by atoms with Crippen LogP contribution in [0, 0.1) is 0 Å². The summed E-state index contributed by atoms with van der Waals surface area (Å²) >= 11 is 0. The van der Waals surface area contributed by atoms with Crippen molar-refractivity contribution in [3.05, 3.63) is 29.3 Å². The SMILES string of the molecule is NC(=O)CCCNC(=O)c1ccc2c(c1)NCC2. The predicted octanol–water partition coefficient (Wildman–Crippen LogP) is 0.650. The van der Waals surface area contributed by atoms with Crippen LogP contribution in [0.25, 0.3) is 0 Å². The molecule has 0 aliphatic carbocycles. The Morgan fingerprint density at radius 2 is 2.22 bits per heavy atom. The first-order valence-corrected chi connectivity index (χ1v) is 6.10. The number of primary amides is 1. The first-order chi connectivity index (χ1) is 8.66. The van der Waals surface area contributed by atoms with Gasteiger partial charge in [-0.3, -0.25) is 9.59 Å². The number of nitrogens with one attached hydrogen (secondary N) is 2. The predicted molar refractivity (Wildman–Crippen MR) is 69.4 cm³/mol. The Labute approximate surface area is 106 Å². The van der Waals surface area contributed by atoms with Gasteiger partial charge in [0.1, 0.15) is 0 Å². The summed E-state index contributed by atoms with van der Waals surface area (Å²) in [5, 5.41) is 6.01. The van der Waals surface area contributed by atoms with Crippen LogP contribution in [0.1, 0.15) is 28.8 Å². The lowest BCUT2D eigenvalue weighted by Gasteiger charge is -2.06. The van der Waals surface area contributed by atoms with Crippen molar-refractivity contribution >= 4 is 17.5 Å². The second kappa shape index (κ2) is 5.53. The van der Waals surface area contributed by atoms with Crippen LogP contribution in [0.3, 0.4) is 0 Å². The van der Waals surface area contributed by atoms with Crippen molar-refractivity contribution in [1.82, 2.24) is 5.32 Å². The fourth-order valence-corrected chi connectivity index (χ4v) is 2.00. The largest absolute Gasteiger partial charge is 0.384 e. The Balaban J connectivity index is 1.87. The third kappa shape index (κ3) is 3.00. The van der Waals surface area contributed by atoms with Crippen molar-refractivity contribution in [1.29, 1.82) is 0 Å². The van der Waals surface area contributed by atoms with E-state index in [9.17, 15) is 9.59 Å². The number of hydrogen-bond donors (Lipinski definition) is 3. The summed E-state index contributed by atoms with van der Waals surface area (Å²) in [5.74, 6) is -0.457. The smallest absolute Gasteiger partial charge is 0.251 e. The molecule has 0 saturated heterocycles. The highest BCUT2D eigenvalue weighted by molar-refractivity contribution is 5.95. The topological polar surface area (TPSA) is 84.2 Å². The number of benzene rings is 1. The number of nitrogens with two attached hydrogens (primary N) is 1. The first kappa shape index (κ1) is 12.4. The molecule has 0 saturated carbocycles. The lowest BCUT2D eigenvalue weighted by molar-refractivity contribution is -0.118. The summed E-state index contributed by atoms with van der Waals surface area (Å²) in [6.07, 6.45) is 1.88. The van der Waals surface area contributed by atoms with Gasteiger partial charge in [0.15, 0.2) is 0 Å². The van der Waals surface area contributed by atoms with E-state index >= 15 is 0 Å². The minimum atomic E-state index is -0.342.